The van der Waals surface area contributed by atoms with Crippen molar-refractivity contribution in [2.24, 2.45) is 0 Å². The number of pyridine rings is 3. The molecule has 0 spiro atoms. The van der Waals surface area contributed by atoms with E-state index in [0.29, 0.717) is 0 Å². The summed E-state index contributed by atoms with van der Waals surface area (Å²) in [6.45, 7) is 8.79. The van der Waals surface area contributed by atoms with Crippen molar-refractivity contribution >= 4 is 44.6 Å². The number of fused-ring (bicyclic) bond motifs is 6. The van der Waals surface area contributed by atoms with Crippen molar-refractivity contribution in [3.63, 3.8) is 0 Å². The van der Waals surface area contributed by atoms with Crippen molar-refractivity contribution in [2.75, 3.05) is 0 Å². The van der Waals surface area contributed by atoms with Crippen LogP contribution in [0.1, 0.15) is 35.0 Å². The molecule has 0 atom stereocenters. The van der Waals surface area contributed by atoms with Gasteiger partial charge in [-0.3, -0.25) is 0 Å². The quantitative estimate of drug-likeness (QED) is 0.127. The van der Waals surface area contributed by atoms with E-state index in [2.05, 4.69) is 154 Å². The molecule has 7 aromatic rings. The normalized spacial score (nSPS) is 12.7. The Morgan fingerprint density at radius 1 is 0.673 bits per heavy atom. The summed E-state index contributed by atoms with van der Waals surface area (Å²) in [5.74, 6) is 0. The molecule has 4 aromatic carbocycles. The minimum Gasteiger partial charge on any atom is -0.247 e. The molecule has 49 heavy (non-hydrogen) atoms. The first-order chi connectivity index (χ1) is 24.1. The van der Waals surface area contributed by atoms with Gasteiger partial charge in [-0.1, -0.05) is 128 Å². The van der Waals surface area contributed by atoms with Crippen molar-refractivity contribution in [3.05, 3.63) is 174 Å². The number of aromatic nitrogens is 3. The SMILES string of the molecule is C=C(/C=C\C(=C/C)c1ccc2c(n1)-c1nc(-c3ccccc3)ccc1CC2)c1nc2ccccc2c2c(Sc3ccccc3)c(C)ccc12. The second kappa shape index (κ2) is 13.1. The molecule has 1 aliphatic carbocycles. The van der Waals surface area contributed by atoms with Crippen LogP contribution in [0.5, 0.6) is 0 Å². The Kier molecular flexibility index (Phi) is 8.24. The van der Waals surface area contributed by atoms with Crippen LogP contribution < -0.4 is 0 Å². The highest BCUT2D eigenvalue weighted by Crippen LogP contribution is 2.41. The van der Waals surface area contributed by atoms with Crippen LogP contribution in [0.4, 0.5) is 0 Å². The summed E-state index contributed by atoms with van der Waals surface area (Å²) < 4.78 is 0. The molecule has 0 bridgehead atoms. The number of nitrogens with zero attached hydrogens (tertiary/aromatic N) is 3. The van der Waals surface area contributed by atoms with Crippen molar-refractivity contribution in [2.45, 2.75) is 36.5 Å². The number of aryl methyl sites for hydroxylation is 3. The van der Waals surface area contributed by atoms with E-state index in [1.165, 1.54) is 31.9 Å². The highest BCUT2D eigenvalue weighted by Gasteiger charge is 2.21. The molecular formula is C45H35N3S. The third-order valence-electron chi connectivity index (χ3n) is 9.27. The van der Waals surface area contributed by atoms with Crippen molar-refractivity contribution in [1.82, 2.24) is 15.0 Å². The van der Waals surface area contributed by atoms with Gasteiger partial charge in [-0.15, -0.1) is 0 Å². The minimum atomic E-state index is 0.854. The molecule has 236 valence electrons. The first-order valence-electron chi connectivity index (χ1n) is 16.7. The summed E-state index contributed by atoms with van der Waals surface area (Å²) in [6.07, 6.45) is 8.24. The van der Waals surface area contributed by atoms with Gasteiger partial charge in [0.2, 0.25) is 0 Å². The largest absolute Gasteiger partial charge is 0.247 e. The molecule has 0 saturated carbocycles. The first kappa shape index (κ1) is 30.7. The molecule has 1 aliphatic rings. The van der Waals surface area contributed by atoms with Crippen LogP contribution >= 0.6 is 11.8 Å². The molecule has 0 radical (unpaired) electrons. The number of para-hydroxylation sites is 1. The van der Waals surface area contributed by atoms with Crippen LogP contribution in [0.25, 0.3) is 55.5 Å². The molecular weight excluding hydrogens is 615 g/mol. The van der Waals surface area contributed by atoms with Crippen LogP contribution in [0.3, 0.4) is 0 Å². The highest BCUT2D eigenvalue weighted by atomic mass is 32.2. The lowest BCUT2D eigenvalue weighted by atomic mass is 9.91. The van der Waals surface area contributed by atoms with E-state index in [1.807, 2.05) is 6.07 Å². The van der Waals surface area contributed by atoms with E-state index in [4.69, 9.17) is 15.0 Å². The average Bonchev–Trinajstić information content (AvgIpc) is 3.16. The molecule has 3 aromatic heterocycles. The zero-order chi connectivity index (χ0) is 33.3. The topological polar surface area (TPSA) is 38.7 Å². The average molecular weight is 650 g/mol. The number of hydrogen-bond acceptors (Lipinski definition) is 4. The van der Waals surface area contributed by atoms with Crippen LogP contribution in [0.2, 0.25) is 0 Å². The standard InChI is InChI=1S/C45H35N3S/c1-4-31(38-27-24-33-22-23-34-25-28-39(32-13-7-5-8-14-32)47-44(34)43(33)46-38)21-19-29(2)42-37-26-20-30(3)45(49-35-15-9-6-10-16-35)41(37)36-17-11-12-18-40(36)48-42/h4-21,24-28H,2,22-23H2,1,3H3/b21-19-,31-4+. The number of rotatable bonds is 7. The van der Waals surface area contributed by atoms with E-state index >= 15 is 0 Å². The molecule has 0 unspecified atom stereocenters. The van der Waals surface area contributed by atoms with Gasteiger partial charge in [0.1, 0.15) is 0 Å². The van der Waals surface area contributed by atoms with Gasteiger partial charge in [0.25, 0.3) is 0 Å². The summed E-state index contributed by atoms with van der Waals surface area (Å²) in [5.41, 5.74) is 12.4. The first-order valence-corrected chi connectivity index (χ1v) is 17.5. The molecule has 0 saturated heterocycles. The maximum absolute atomic E-state index is 5.23. The fourth-order valence-electron chi connectivity index (χ4n) is 6.69. The Morgan fingerprint density at radius 2 is 1.37 bits per heavy atom. The molecule has 8 rings (SSSR count). The van der Waals surface area contributed by atoms with Crippen molar-refractivity contribution in [1.29, 1.82) is 0 Å². The molecule has 0 fully saturated rings. The molecule has 0 amide bonds. The van der Waals surface area contributed by atoms with Crippen LogP contribution in [-0.4, -0.2) is 15.0 Å². The Hall–Kier alpha value is -5.58. The van der Waals surface area contributed by atoms with E-state index in [1.54, 1.807) is 11.8 Å². The zero-order valence-corrected chi connectivity index (χ0v) is 28.5. The molecule has 3 heterocycles. The van der Waals surface area contributed by atoms with Crippen molar-refractivity contribution < 1.29 is 0 Å². The summed E-state index contributed by atoms with van der Waals surface area (Å²) in [7, 11) is 0. The summed E-state index contributed by atoms with van der Waals surface area (Å²) in [5, 5.41) is 3.47. The van der Waals surface area contributed by atoms with E-state index in [9.17, 15) is 0 Å². The van der Waals surface area contributed by atoms with Gasteiger partial charge in [-0.05, 0) is 84.9 Å². The van der Waals surface area contributed by atoms with Gasteiger partial charge in [-0.25, -0.2) is 15.0 Å². The van der Waals surface area contributed by atoms with Gasteiger partial charge < -0.3 is 0 Å². The lowest BCUT2D eigenvalue weighted by molar-refractivity contribution is 0.911. The van der Waals surface area contributed by atoms with Gasteiger partial charge in [-0.2, -0.15) is 0 Å². The summed E-state index contributed by atoms with van der Waals surface area (Å²) in [6, 6.07) is 42.5. The smallest absolute Gasteiger partial charge is 0.0928 e. The van der Waals surface area contributed by atoms with Gasteiger partial charge in [0, 0.05) is 31.5 Å². The Balaban J connectivity index is 1.16. The fraction of sp³-hybridized carbons (Fsp3) is 0.0889. The van der Waals surface area contributed by atoms with Crippen LogP contribution in [-0.2, 0) is 12.8 Å². The summed E-state index contributed by atoms with van der Waals surface area (Å²) in [4.78, 5) is 18.0. The van der Waals surface area contributed by atoms with Crippen LogP contribution in [0, 0.1) is 6.92 Å². The third-order valence-corrected chi connectivity index (χ3v) is 10.5. The molecule has 3 nitrogen and oxygen atoms in total. The van der Waals surface area contributed by atoms with E-state index < -0.39 is 0 Å². The number of hydrogen-bond donors (Lipinski definition) is 0. The molecule has 0 N–H and O–H groups in total. The second-order valence-corrected chi connectivity index (χ2v) is 13.5. The molecule has 0 aliphatic heterocycles. The zero-order valence-electron chi connectivity index (χ0n) is 27.7. The predicted molar refractivity (Wildman–Crippen MR) is 207 cm³/mol. The van der Waals surface area contributed by atoms with E-state index in [0.717, 1.165) is 74.3 Å². The fourth-order valence-corrected chi connectivity index (χ4v) is 7.77. The number of allylic oxidation sites excluding steroid dienone is 5. The molecule has 4 heteroatoms. The Labute approximate surface area is 291 Å². The van der Waals surface area contributed by atoms with Crippen LogP contribution in [0.15, 0.2) is 156 Å². The van der Waals surface area contributed by atoms with Gasteiger partial charge in [0.05, 0.1) is 34.0 Å². The summed E-state index contributed by atoms with van der Waals surface area (Å²) >= 11 is 1.81. The van der Waals surface area contributed by atoms with Crippen molar-refractivity contribution in [3.8, 4) is 22.6 Å². The maximum Gasteiger partial charge on any atom is 0.0928 e. The van der Waals surface area contributed by atoms with Gasteiger partial charge in [0.15, 0.2) is 0 Å². The Morgan fingerprint density at radius 3 is 2.14 bits per heavy atom. The van der Waals surface area contributed by atoms with Gasteiger partial charge >= 0.3 is 0 Å². The third kappa shape index (κ3) is 5.90. The Bertz CT molecular complexity index is 2440. The number of benzene rings is 4. The monoisotopic (exact) mass is 649 g/mol. The lowest BCUT2D eigenvalue weighted by Gasteiger charge is -2.20. The second-order valence-electron chi connectivity index (χ2n) is 12.4. The lowest BCUT2D eigenvalue weighted by Crippen LogP contribution is -2.09. The maximum atomic E-state index is 5.23. The minimum absolute atomic E-state index is 0.854. The highest BCUT2D eigenvalue weighted by molar-refractivity contribution is 7.99. The predicted octanol–water partition coefficient (Wildman–Crippen LogP) is 11.7. The van der Waals surface area contributed by atoms with E-state index in [-0.39, 0.29) is 0 Å².